The normalized spacial score (nSPS) is 16.3. The molecule has 8 heteroatoms. The van der Waals surface area contributed by atoms with E-state index < -0.39 is 5.91 Å². The number of nitrogens with zero attached hydrogens (tertiary/aromatic N) is 3. The summed E-state index contributed by atoms with van der Waals surface area (Å²) in [5.41, 5.74) is 9.16. The molecule has 1 aliphatic heterocycles. The van der Waals surface area contributed by atoms with Crippen LogP contribution < -0.4 is 11.1 Å². The smallest absolute Gasteiger partial charge is 0.322 e. The van der Waals surface area contributed by atoms with Crippen molar-refractivity contribution in [2.45, 2.75) is 38.8 Å². The van der Waals surface area contributed by atoms with E-state index in [1.165, 1.54) is 0 Å². The molecule has 1 fully saturated rings. The van der Waals surface area contributed by atoms with E-state index >= 15 is 0 Å². The lowest BCUT2D eigenvalue weighted by atomic mass is 10.2. The summed E-state index contributed by atoms with van der Waals surface area (Å²) in [6.07, 6.45) is 3.77. The van der Waals surface area contributed by atoms with Gasteiger partial charge in [-0.05, 0) is 31.9 Å². The Bertz CT molecular complexity index is 886. The molecule has 0 saturated heterocycles. The van der Waals surface area contributed by atoms with Crippen LogP contribution in [0.25, 0.3) is 0 Å². The number of urea groups is 1. The number of hydrogen-bond acceptors (Lipinski definition) is 3. The van der Waals surface area contributed by atoms with Crippen LogP contribution in [0.3, 0.4) is 0 Å². The van der Waals surface area contributed by atoms with Crippen LogP contribution in [-0.2, 0) is 13.1 Å². The van der Waals surface area contributed by atoms with Crippen LogP contribution in [-0.4, -0.2) is 32.9 Å². The first-order valence-electron chi connectivity index (χ1n) is 8.65. The molecule has 26 heavy (non-hydrogen) atoms. The fourth-order valence-corrected chi connectivity index (χ4v) is 3.94. The number of halogens is 1. The largest absolute Gasteiger partial charge is 0.365 e. The van der Waals surface area contributed by atoms with Gasteiger partial charge in [-0.2, -0.15) is 0 Å². The topological polar surface area (TPSA) is 93.3 Å². The van der Waals surface area contributed by atoms with Crippen LogP contribution in [0.1, 0.15) is 46.2 Å². The van der Waals surface area contributed by atoms with E-state index in [0.717, 1.165) is 29.9 Å². The molecular formula is C18H20ClN5O2. The summed E-state index contributed by atoms with van der Waals surface area (Å²) in [5.74, 6) is -0.149. The third-order valence-electron chi connectivity index (χ3n) is 4.94. The molecule has 0 radical (unpaired) electrons. The zero-order valence-corrected chi connectivity index (χ0v) is 15.2. The van der Waals surface area contributed by atoms with Gasteiger partial charge in [0.25, 0.3) is 5.91 Å². The summed E-state index contributed by atoms with van der Waals surface area (Å²) >= 11 is 6.47. The first-order valence-corrected chi connectivity index (χ1v) is 9.02. The van der Waals surface area contributed by atoms with Gasteiger partial charge >= 0.3 is 6.03 Å². The van der Waals surface area contributed by atoms with Crippen molar-refractivity contribution in [1.82, 2.24) is 14.5 Å². The Hall–Kier alpha value is -2.54. The maximum atomic E-state index is 12.6. The minimum Gasteiger partial charge on any atom is -0.365 e. The minimum absolute atomic E-state index is 0.234. The number of hydrogen-bond donors (Lipinski definition) is 2. The zero-order valence-electron chi connectivity index (χ0n) is 14.5. The second-order valence-electron chi connectivity index (χ2n) is 6.85. The van der Waals surface area contributed by atoms with Crippen LogP contribution in [0.15, 0.2) is 18.3 Å². The van der Waals surface area contributed by atoms with Gasteiger partial charge in [0, 0.05) is 30.4 Å². The molecule has 7 nitrogen and oxygen atoms in total. The first kappa shape index (κ1) is 16.9. The van der Waals surface area contributed by atoms with Crippen molar-refractivity contribution in [3.63, 3.8) is 0 Å². The molecule has 3 N–H and O–H groups in total. The Kier molecular flexibility index (Phi) is 4.11. The number of carbonyl (C=O) groups is 2. The number of carbonyl (C=O) groups excluding carboxylic acids is 2. The van der Waals surface area contributed by atoms with E-state index in [4.69, 9.17) is 17.3 Å². The predicted molar refractivity (Wildman–Crippen MR) is 98.3 cm³/mol. The molecule has 0 spiro atoms. The molecule has 2 aromatic rings. The second kappa shape index (κ2) is 6.32. The van der Waals surface area contributed by atoms with E-state index in [9.17, 15) is 9.59 Å². The van der Waals surface area contributed by atoms with Crippen LogP contribution in [0.2, 0.25) is 5.02 Å². The SMILES string of the molecule is Cc1ccc(NC(=O)N2CCn3c(c(C(N)=O)c(Cl)c3C3CC3)C2)cn1. The van der Waals surface area contributed by atoms with Gasteiger partial charge in [-0.25, -0.2) is 4.79 Å². The standard InChI is InChI=1S/C18H20ClN5O2/c1-10-2-5-12(8-21-10)22-18(26)23-6-7-24-13(9-23)14(17(20)25)15(19)16(24)11-3-4-11/h2,5,8,11H,3-4,6-7,9H2,1H3,(H2,20,25)(H,22,26). The fraction of sp³-hybridized carbons (Fsp3) is 0.389. The van der Waals surface area contributed by atoms with E-state index in [1.54, 1.807) is 11.1 Å². The molecule has 1 aliphatic carbocycles. The summed E-state index contributed by atoms with van der Waals surface area (Å²) in [7, 11) is 0. The average Bonchev–Trinajstić information content (AvgIpc) is 3.38. The average molecular weight is 374 g/mol. The van der Waals surface area contributed by atoms with Gasteiger partial charge in [0.2, 0.25) is 0 Å². The van der Waals surface area contributed by atoms with Crippen LogP contribution in [0.4, 0.5) is 10.5 Å². The molecule has 0 atom stereocenters. The molecule has 136 valence electrons. The zero-order chi connectivity index (χ0) is 18.4. The lowest BCUT2D eigenvalue weighted by Crippen LogP contribution is -2.41. The monoisotopic (exact) mass is 373 g/mol. The van der Waals surface area contributed by atoms with Gasteiger partial charge in [-0.1, -0.05) is 11.6 Å². The fourth-order valence-electron chi connectivity index (χ4n) is 3.48. The molecule has 4 rings (SSSR count). The Morgan fingerprint density at radius 3 is 2.69 bits per heavy atom. The van der Waals surface area contributed by atoms with Crippen LogP contribution in [0, 0.1) is 6.92 Å². The highest BCUT2D eigenvalue weighted by molar-refractivity contribution is 6.35. The Balaban J connectivity index is 1.59. The number of nitrogens with one attached hydrogen (secondary N) is 1. The summed E-state index contributed by atoms with van der Waals surface area (Å²) < 4.78 is 2.08. The van der Waals surface area contributed by atoms with Crippen molar-refractivity contribution < 1.29 is 9.59 Å². The number of aryl methyl sites for hydroxylation is 1. The van der Waals surface area contributed by atoms with E-state index in [-0.39, 0.29) is 6.03 Å². The van der Waals surface area contributed by atoms with Gasteiger partial charge in [0.1, 0.15) is 0 Å². The molecule has 2 aromatic heterocycles. The summed E-state index contributed by atoms with van der Waals surface area (Å²) in [4.78, 5) is 30.4. The minimum atomic E-state index is -0.546. The first-order chi connectivity index (χ1) is 12.5. The number of pyridine rings is 1. The molecular weight excluding hydrogens is 354 g/mol. The van der Waals surface area contributed by atoms with Gasteiger partial charge in [0.15, 0.2) is 0 Å². The maximum Gasteiger partial charge on any atom is 0.322 e. The Labute approximate surface area is 156 Å². The molecule has 2 aliphatic rings. The highest BCUT2D eigenvalue weighted by Gasteiger charge is 2.37. The number of rotatable bonds is 3. The van der Waals surface area contributed by atoms with Crippen molar-refractivity contribution >= 4 is 29.2 Å². The van der Waals surface area contributed by atoms with Gasteiger partial charge in [-0.3, -0.25) is 9.78 Å². The number of amides is 3. The van der Waals surface area contributed by atoms with Gasteiger partial charge < -0.3 is 20.5 Å². The number of fused-ring (bicyclic) bond motifs is 1. The number of primary amides is 1. The Morgan fingerprint density at radius 2 is 2.08 bits per heavy atom. The quantitative estimate of drug-likeness (QED) is 0.866. The van der Waals surface area contributed by atoms with Crippen molar-refractivity contribution in [2.75, 3.05) is 11.9 Å². The highest BCUT2D eigenvalue weighted by Crippen LogP contribution is 2.46. The van der Waals surface area contributed by atoms with Crippen molar-refractivity contribution in [3.8, 4) is 0 Å². The highest BCUT2D eigenvalue weighted by atomic mass is 35.5. The Morgan fingerprint density at radius 1 is 1.31 bits per heavy atom. The maximum absolute atomic E-state index is 12.6. The van der Waals surface area contributed by atoms with E-state index in [2.05, 4.69) is 14.9 Å². The summed E-state index contributed by atoms with van der Waals surface area (Å²) in [6, 6.07) is 3.41. The van der Waals surface area contributed by atoms with Crippen LogP contribution in [0.5, 0.6) is 0 Å². The molecule has 0 unspecified atom stereocenters. The number of nitrogens with two attached hydrogens (primary N) is 1. The number of aromatic nitrogens is 2. The molecule has 3 heterocycles. The molecule has 0 bridgehead atoms. The van der Waals surface area contributed by atoms with Crippen molar-refractivity contribution in [1.29, 1.82) is 0 Å². The van der Waals surface area contributed by atoms with E-state index in [1.807, 2.05) is 19.1 Å². The predicted octanol–water partition coefficient (Wildman–Crippen LogP) is 2.87. The third-order valence-corrected chi connectivity index (χ3v) is 5.33. The van der Waals surface area contributed by atoms with Crippen molar-refractivity contribution in [2.24, 2.45) is 5.73 Å². The summed E-state index contributed by atoms with van der Waals surface area (Å²) in [6.45, 7) is 3.33. The molecule has 1 saturated carbocycles. The second-order valence-corrected chi connectivity index (χ2v) is 7.23. The molecule has 0 aromatic carbocycles. The van der Waals surface area contributed by atoms with Crippen molar-refractivity contribution in [3.05, 3.63) is 46.0 Å². The lowest BCUT2D eigenvalue weighted by molar-refractivity contribution is 0.0997. The van der Waals surface area contributed by atoms with Crippen LogP contribution >= 0.6 is 11.6 Å². The molecule has 3 amide bonds. The summed E-state index contributed by atoms with van der Waals surface area (Å²) in [5, 5.41) is 3.30. The van der Waals surface area contributed by atoms with Gasteiger partial charge in [-0.15, -0.1) is 0 Å². The van der Waals surface area contributed by atoms with E-state index in [0.29, 0.717) is 41.8 Å². The third kappa shape index (κ3) is 2.92. The number of anilines is 1. The van der Waals surface area contributed by atoms with Gasteiger partial charge in [0.05, 0.1) is 34.7 Å². The lowest BCUT2D eigenvalue weighted by Gasteiger charge is -2.30.